The van der Waals surface area contributed by atoms with Crippen LogP contribution < -0.4 is 10.1 Å². The Morgan fingerprint density at radius 1 is 1.33 bits per heavy atom. The van der Waals surface area contributed by atoms with Crippen LogP contribution in [-0.4, -0.2) is 22.6 Å². The number of nitrogens with zero attached hydrogens (tertiary/aromatic N) is 2. The monoisotopic (exact) mass is 241 g/mol. The third-order valence-electron chi connectivity index (χ3n) is 3.28. The lowest BCUT2D eigenvalue weighted by Gasteiger charge is -2.20. The average molecular weight is 241 g/mol. The maximum atomic E-state index is 5.69. The molecule has 1 aromatic heterocycles. The minimum absolute atomic E-state index is 0.255. The zero-order valence-electron chi connectivity index (χ0n) is 10.2. The zero-order chi connectivity index (χ0) is 12.4. The second kappa shape index (κ2) is 4.64. The van der Waals surface area contributed by atoms with E-state index in [4.69, 9.17) is 4.74 Å². The number of benzene rings is 1. The molecule has 0 spiro atoms. The quantitative estimate of drug-likeness (QED) is 0.896. The van der Waals surface area contributed by atoms with E-state index in [2.05, 4.69) is 34.3 Å². The van der Waals surface area contributed by atoms with Gasteiger partial charge in [0.1, 0.15) is 11.6 Å². The highest BCUT2D eigenvalue weighted by atomic mass is 16.5. The Kier molecular flexibility index (Phi) is 2.84. The van der Waals surface area contributed by atoms with Gasteiger partial charge >= 0.3 is 0 Å². The molecule has 1 aliphatic rings. The number of para-hydroxylation sites is 1. The highest BCUT2D eigenvalue weighted by Crippen LogP contribution is 2.36. The predicted octanol–water partition coefficient (Wildman–Crippen LogP) is 2.45. The fraction of sp³-hybridized carbons (Fsp3) is 0.286. The second-order valence-corrected chi connectivity index (χ2v) is 4.48. The van der Waals surface area contributed by atoms with Crippen molar-refractivity contribution in [1.82, 2.24) is 9.97 Å². The van der Waals surface area contributed by atoms with Crippen LogP contribution >= 0.6 is 0 Å². The van der Waals surface area contributed by atoms with Crippen molar-refractivity contribution in [3.63, 3.8) is 0 Å². The molecular weight excluding hydrogens is 226 g/mol. The van der Waals surface area contributed by atoms with Crippen LogP contribution in [0.15, 0.2) is 42.9 Å². The third-order valence-corrected chi connectivity index (χ3v) is 3.28. The third kappa shape index (κ3) is 2.01. The van der Waals surface area contributed by atoms with Crippen LogP contribution in [0.4, 0.5) is 5.82 Å². The number of ether oxygens (including phenoxy) is 1. The SMILES string of the molecule is C[C@H](Nc1cnccn1)[C@H]1COc2ccccc21. The Bertz CT molecular complexity index is 530. The smallest absolute Gasteiger partial charge is 0.144 e. The van der Waals surface area contributed by atoms with Gasteiger partial charge in [0.25, 0.3) is 0 Å². The normalized spacial score (nSPS) is 18.8. The Morgan fingerprint density at radius 2 is 2.22 bits per heavy atom. The first-order valence-electron chi connectivity index (χ1n) is 6.09. The van der Waals surface area contributed by atoms with E-state index in [1.54, 1.807) is 18.6 Å². The van der Waals surface area contributed by atoms with Gasteiger partial charge in [-0.2, -0.15) is 0 Å². The first kappa shape index (κ1) is 11.0. The van der Waals surface area contributed by atoms with Crippen molar-refractivity contribution < 1.29 is 4.74 Å². The van der Waals surface area contributed by atoms with Gasteiger partial charge in [-0.25, -0.2) is 4.98 Å². The molecule has 1 N–H and O–H groups in total. The molecule has 18 heavy (non-hydrogen) atoms. The summed E-state index contributed by atoms with van der Waals surface area (Å²) < 4.78 is 5.69. The standard InChI is InChI=1S/C14H15N3O/c1-10(17-14-8-15-6-7-16-14)12-9-18-13-5-3-2-4-11(12)13/h2-8,10,12H,9H2,1H3,(H,16,17)/t10-,12+/m0/s1. The topological polar surface area (TPSA) is 47.0 Å². The summed E-state index contributed by atoms with van der Waals surface area (Å²) in [4.78, 5) is 8.28. The summed E-state index contributed by atoms with van der Waals surface area (Å²) in [6, 6.07) is 8.45. The van der Waals surface area contributed by atoms with Gasteiger partial charge in [0.05, 0.1) is 12.8 Å². The number of aromatic nitrogens is 2. The molecule has 0 aliphatic carbocycles. The van der Waals surface area contributed by atoms with E-state index in [0.717, 1.165) is 11.6 Å². The Balaban J connectivity index is 1.77. The van der Waals surface area contributed by atoms with E-state index in [-0.39, 0.29) is 6.04 Å². The van der Waals surface area contributed by atoms with E-state index >= 15 is 0 Å². The van der Waals surface area contributed by atoms with Crippen molar-refractivity contribution in [1.29, 1.82) is 0 Å². The molecule has 0 amide bonds. The van der Waals surface area contributed by atoms with E-state index in [0.29, 0.717) is 12.5 Å². The maximum Gasteiger partial charge on any atom is 0.144 e. The van der Waals surface area contributed by atoms with Crippen molar-refractivity contribution in [2.24, 2.45) is 0 Å². The van der Waals surface area contributed by atoms with Gasteiger partial charge in [0.15, 0.2) is 0 Å². The summed E-state index contributed by atoms with van der Waals surface area (Å²) in [5, 5.41) is 3.37. The predicted molar refractivity (Wildman–Crippen MR) is 69.8 cm³/mol. The van der Waals surface area contributed by atoms with Gasteiger partial charge in [-0.05, 0) is 13.0 Å². The molecule has 2 heterocycles. The molecule has 0 bridgehead atoms. The number of fused-ring (bicyclic) bond motifs is 1. The van der Waals surface area contributed by atoms with Gasteiger partial charge in [0, 0.05) is 29.9 Å². The van der Waals surface area contributed by atoms with E-state index in [9.17, 15) is 0 Å². The molecule has 4 heteroatoms. The Hall–Kier alpha value is -2.10. The van der Waals surface area contributed by atoms with Crippen molar-refractivity contribution >= 4 is 5.82 Å². The van der Waals surface area contributed by atoms with Gasteiger partial charge < -0.3 is 10.1 Å². The zero-order valence-corrected chi connectivity index (χ0v) is 10.2. The molecule has 92 valence electrons. The second-order valence-electron chi connectivity index (χ2n) is 4.48. The molecule has 0 fully saturated rings. The largest absolute Gasteiger partial charge is 0.493 e. The molecular formula is C14H15N3O. The van der Waals surface area contributed by atoms with Crippen molar-refractivity contribution in [3.8, 4) is 5.75 Å². The minimum Gasteiger partial charge on any atom is -0.493 e. The minimum atomic E-state index is 0.255. The van der Waals surface area contributed by atoms with Crippen LogP contribution in [0, 0.1) is 0 Å². The van der Waals surface area contributed by atoms with Crippen molar-refractivity contribution in [2.75, 3.05) is 11.9 Å². The first-order valence-corrected chi connectivity index (χ1v) is 6.09. The molecule has 1 aliphatic heterocycles. The van der Waals surface area contributed by atoms with Gasteiger partial charge in [-0.15, -0.1) is 0 Å². The van der Waals surface area contributed by atoms with Crippen LogP contribution in [0.25, 0.3) is 0 Å². The van der Waals surface area contributed by atoms with Crippen LogP contribution in [0.3, 0.4) is 0 Å². The average Bonchev–Trinajstić information content (AvgIpc) is 2.84. The molecule has 1 aromatic carbocycles. The van der Waals surface area contributed by atoms with Gasteiger partial charge in [-0.1, -0.05) is 18.2 Å². The highest BCUT2D eigenvalue weighted by molar-refractivity contribution is 5.43. The number of hydrogen-bond acceptors (Lipinski definition) is 4. The summed E-state index contributed by atoms with van der Waals surface area (Å²) in [5.74, 6) is 2.15. The first-order chi connectivity index (χ1) is 8.84. The van der Waals surface area contributed by atoms with Crippen LogP contribution in [0.5, 0.6) is 5.75 Å². The highest BCUT2D eigenvalue weighted by Gasteiger charge is 2.28. The summed E-state index contributed by atoms with van der Waals surface area (Å²) in [7, 11) is 0. The molecule has 2 aromatic rings. The lowest BCUT2D eigenvalue weighted by atomic mass is 9.94. The van der Waals surface area contributed by atoms with Crippen LogP contribution in [-0.2, 0) is 0 Å². The molecule has 0 unspecified atom stereocenters. The van der Waals surface area contributed by atoms with Crippen molar-refractivity contribution in [3.05, 3.63) is 48.4 Å². The van der Waals surface area contributed by atoms with Crippen molar-refractivity contribution in [2.45, 2.75) is 18.9 Å². The number of hydrogen-bond donors (Lipinski definition) is 1. The Morgan fingerprint density at radius 3 is 3.06 bits per heavy atom. The van der Waals surface area contributed by atoms with Gasteiger partial charge in [-0.3, -0.25) is 4.98 Å². The van der Waals surface area contributed by atoms with Gasteiger partial charge in [0.2, 0.25) is 0 Å². The summed E-state index contributed by atoms with van der Waals surface area (Å²) >= 11 is 0. The molecule has 4 nitrogen and oxygen atoms in total. The molecule has 0 radical (unpaired) electrons. The lowest BCUT2D eigenvalue weighted by molar-refractivity contribution is 0.322. The maximum absolute atomic E-state index is 5.69. The van der Waals surface area contributed by atoms with E-state index in [1.807, 2.05) is 12.1 Å². The summed E-state index contributed by atoms with van der Waals surface area (Å²) in [6.45, 7) is 2.86. The van der Waals surface area contributed by atoms with Crippen LogP contribution in [0.1, 0.15) is 18.4 Å². The lowest BCUT2D eigenvalue weighted by Crippen LogP contribution is -2.25. The fourth-order valence-electron chi connectivity index (χ4n) is 2.31. The number of anilines is 1. The molecule has 0 saturated carbocycles. The molecule has 0 saturated heterocycles. The summed E-state index contributed by atoms with van der Waals surface area (Å²) in [5.41, 5.74) is 1.27. The van der Waals surface area contributed by atoms with E-state index < -0.39 is 0 Å². The number of nitrogens with one attached hydrogen (secondary N) is 1. The summed E-state index contributed by atoms with van der Waals surface area (Å²) in [6.07, 6.45) is 5.09. The van der Waals surface area contributed by atoms with Crippen LogP contribution in [0.2, 0.25) is 0 Å². The number of rotatable bonds is 3. The molecule has 3 rings (SSSR count). The Labute approximate surface area is 106 Å². The fourth-order valence-corrected chi connectivity index (χ4v) is 2.31. The molecule has 2 atom stereocenters. The van der Waals surface area contributed by atoms with E-state index in [1.165, 1.54) is 5.56 Å².